The molecule has 0 unspecified atom stereocenters. The fourth-order valence-electron chi connectivity index (χ4n) is 1.04. The zero-order valence-corrected chi connectivity index (χ0v) is 8.15. The lowest BCUT2D eigenvalue weighted by Crippen LogP contribution is -2.16. The molecule has 0 aromatic heterocycles. The van der Waals surface area contributed by atoms with Gasteiger partial charge in [-0.3, -0.25) is 0 Å². The third-order valence-electron chi connectivity index (χ3n) is 1.64. The molecule has 0 atom stereocenters. The molecule has 76 valence electrons. The van der Waals surface area contributed by atoms with Crippen LogP contribution in [0, 0.1) is 0 Å². The summed E-state index contributed by atoms with van der Waals surface area (Å²) in [6, 6.07) is 6.84. The summed E-state index contributed by atoms with van der Waals surface area (Å²) in [5, 5.41) is 2.58. The lowest BCUT2D eigenvalue weighted by molar-refractivity contribution is 0.163. The number of nitrogens with one attached hydrogen (secondary N) is 1. The highest BCUT2D eigenvalue weighted by molar-refractivity contribution is 7.80. The second kappa shape index (κ2) is 4.85. The first-order valence-electron chi connectivity index (χ1n) is 4.02. The molecule has 0 saturated carbocycles. The molecule has 0 aliphatic rings. The Morgan fingerprint density at radius 1 is 1.43 bits per heavy atom. The zero-order valence-electron chi connectivity index (χ0n) is 7.34. The molecule has 0 radical (unpaired) electrons. The van der Waals surface area contributed by atoms with Gasteiger partial charge in [0, 0.05) is 11.3 Å². The van der Waals surface area contributed by atoms with Gasteiger partial charge in [-0.2, -0.15) is 0 Å². The average Bonchev–Trinajstić information content (AvgIpc) is 2.15. The molecule has 5 heteroatoms. The van der Waals surface area contributed by atoms with Gasteiger partial charge >= 0.3 is 0 Å². The lowest BCUT2D eigenvalue weighted by atomic mass is 10.2. The maximum Gasteiger partial charge on any atom is 0.255 e. The number of alkyl halides is 2. The molecule has 0 bridgehead atoms. The molecular weight excluding hydrogens is 206 g/mol. The number of para-hydroxylation sites is 1. The molecular formula is C9H10F2N2S. The van der Waals surface area contributed by atoms with Gasteiger partial charge in [0.25, 0.3) is 6.43 Å². The maximum absolute atomic E-state index is 11.9. The molecule has 3 N–H and O–H groups in total. The Morgan fingerprint density at radius 2 is 2.07 bits per heavy atom. The summed E-state index contributed by atoms with van der Waals surface area (Å²) in [5.74, 6) is 0. The van der Waals surface area contributed by atoms with Crippen molar-refractivity contribution >= 4 is 22.9 Å². The van der Waals surface area contributed by atoms with Crippen molar-refractivity contribution in [2.45, 2.75) is 6.43 Å². The van der Waals surface area contributed by atoms with Crippen LogP contribution in [0.3, 0.4) is 0 Å². The molecule has 1 aromatic rings. The minimum Gasteiger partial charge on any atom is -0.389 e. The molecule has 0 saturated heterocycles. The third kappa shape index (κ3) is 2.92. The number of thiocarbonyl (C=S) groups is 1. The maximum atomic E-state index is 11.9. The van der Waals surface area contributed by atoms with Crippen molar-refractivity contribution in [3.05, 3.63) is 29.8 Å². The summed E-state index contributed by atoms with van der Waals surface area (Å²) >= 11 is 4.78. The van der Waals surface area contributed by atoms with E-state index in [1.165, 1.54) is 0 Å². The van der Waals surface area contributed by atoms with Crippen LogP contribution in [0.15, 0.2) is 24.3 Å². The first-order chi connectivity index (χ1) is 6.61. The van der Waals surface area contributed by atoms with E-state index in [0.29, 0.717) is 11.3 Å². The number of nitrogens with two attached hydrogens (primary N) is 1. The molecule has 0 aliphatic heterocycles. The van der Waals surface area contributed by atoms with Crippen molar-refractivity contribution in [1.82, 2.24) is 0 Å². The quantitative estimate of drug-likeness (QED) is 0.756. The van der Waals surface area contributed by atoms with Crippen molar-refractivity contribution < 1.29 is 8.78 Å². The van der Waals surface area contributed by atoms with Crippen LogP contribution in [0.2, 0.25) is 0 Å². The zero-order chi connectivity index (χ0) is 10.6. The third-order valence-corrected chi connectivity index (χ3v) is 1.86. The van der Waals surface area contributed by atoms with E-state index >= 15 is 0 Å². The van der Waals surface area contributed by atoms with Crippen LogP contribution < -0.4 is 11.1 Å². The number of hydrogen-bond donors (Lipinski definition) is 2. The average molecular weight is 216 g/mol. The van der Waals surface area contributed by atoms with Crippen LogP contribution in [0.4, 0.5) is 14.5 Å². The van der Waals surface area contributed by atoms with Gasteiger partial charge in [0.1, 0.15) is 4.99 Å². The van der Waals surface area contributed by atoms with Crippen molar-refractivity contribution in [3.63, 3.8) is 0 Å². The lowest BCUT2D eigenvalue weighted by Gasteiger charge is -2.09. The van der Waals surface area contributed by atoms with E-state index in [4.69, 9.17) is 18.0 Å². The number of hydrogen-bond acceptors (Lipinski definition) is 2. The second-order valence-electron chi connectivity index (χ2n) is 2.68. The fourth-order valence-corrected chi connectivity index (χ4v) is 1.22. The molecule has 0 amide bonds. The van der Waals surface area contributed by atoms with Gasteiger partial charge in [0.2, 0.25) is 0 Å². The molecule has 0 fully saturated rings. The Bertz CT molecular complexity index is 328. The van der Waals surface area contributed by atoms with Crippen LogP contribution >= 0.6 is 12.2 Å². The summed E-state index contributed by atoms with van der Waals surface area (Å²) < 4.78 is 23.9. The van der Waals surface area contributed by atoms with E-state index in [1.807, 2.05) is 0 Å². The summed E-state index contributed by atoms with van der Waals surface area (Å²) in [6.07, 6.45) is -2.39. The van der Waals surface area contributed by atoms with Gasteiger partial charge in [0.05, 0.1) is 6.54 Å². The van der Waals surface area contributed by atoms with Gasteiger partial charge in [0.15, 0.2) is 0 Å². The van der Waals surface area contributed by atoms with Gasteiger partial charge in [-0.25, -0.2) is 8.78 Å². The Morgan fingerprint density at radius 3 is 2.64 bits per heavy atom. The number of rotatable bonds is 4. The Balaban J connectivity index is 2.79. The summed E-state index contributed by atoms with van der Waals surface area (Å²) in [4.78, 5) is 0.197. The minimum atomic E-state index is -2.39. The highest BCUT2D eigenvalue weighted by Crippen LogP contribution is 2.14. The molecule has 0 aliphatic carbocycles. The predicted molar refractivity (Wildman–Crippen MR) is 56.8 cm³/mol. The largest absolute Gasteiger partial charge is 0.389 e. The Hall–Kier alpha value is -1.23. The van der Waals surface area contributed by atoms with Crippen LogP contribution in [0.25, 0.3) is 0 Å². The molecule has 1 aromatic carbocycles. The molecule has 2 nitrogen and oxygen atoms in total. The normalized spacial score (nSPS) is 10.2. The second-order valence-corrected chi connectivity index (χ2v) is 3.12. The monoisotopic (exact) mass is 216 g/mol. The van der Waals surface area contributed by atoms with Gasteiger partial charge in [-0.15, -0.1) is 0 Å². The standard InChI is InChI=1S/C9H10F2N2S/c10-8(11)5-13-7-4-2-1-3-6(7)9(12)14/h1-4,8,13H,5H2,(H2,12,14). The van der Waals surface area contributed by atoms with Crippen LogP contribution in [-0.2, 0) is 0 Å². The van der Waals surface area contributed by atoms with Crippen molar-refractivity contribution in [2.24, 2.45) is 5.73 Å². The summed E-state index contributed by atoms with van der Waals surface area (Å²) in [7, 11) is 0. The van der Waals surface area contributed by atoms with E-state index in [1.54, 1.807) is 24.3 Å². The minimum absolute atomic E-state index is 0.197. The highest BCUT2D eigenvalue weighted by atomic mass is 32.1. The molecule has 0 heterocycles. The van der Waals surface area contributed by atoms with Crippen LogP contribution in [0.1, 0.15) is 5.56 Å². The summed E-state index contributed by atoms with van der Waals surface area (Å²) in [6.45, 7) is -0.403. The Labute approximate surface area is 86.1 Å². The van der Waals surface area contributed by atoms with Crippen LogP contribution in [0.5, 0.6) is 0 Å². The van der Waals surface area contributed by atoms with Crippen LogP contribution in [-0.4, -0.2) is 18.0 Å². The van der Waals surface area contributed by atoms with E-state index in [0.717, 1.165) is 0 Å². The number of halogens is 2. The van der Waals surface area contributed by atoms with Crippen molar-refractivity contribution in [3.8, 4) is 0 Å². The van der Waals surface area contributed by atoms with Gasteiger partial charge < -0.3 is 11.1 Å². The SMILES string of the molecule is NC(=S)c1ccccc1NCC(F)F. The van der Waals surface area contributed by atoms with E-state index in [-0.39, 0.29) is 4.99 Å². The van der Waals surface area contributed by atoms with E-state index in [9.17, 15) is 8.78 Å². The number of anilines is 1. The smallest absolute Gasteiger partial charge is 0.255 e. The molecule has 1 rings (SSSR count). The first-order valence-corrected chi connectivity index (χ1v) is 4.43. The fraction of sp³-hybridized carbons (Fsp3) is 0.222. The Kier molecular flexibility index (Phi) is 3.76. The van der Waals surface area contributed by atoms with Gasteiger partial charge in [-0.05, 0) is 12.1 Å². The first kappa shape index (κ1) is 10.8. The van der Waals surface area contributed by atoms with E-state index < -0.39 is 13.0 Å². The molecule has 14 heavy (non-hydrogen) atoms. The topological polar surface area (TPSA) is 38.0 Å². The number of benzene rings is 1. The predicted octanol–water partition coefficient (Wildman–Crippen LogP) is 2.00. The van der Waals surface area contributed by atoms with Gasteiger partial charge in [-0.1, -0.05) is 24.4 Å². The van der Waals surface area contributed by atoms with Crippen molar-refractivity contribution in [2.75, 3.05) is 11.9 Å². The summed E-state index contributed by atoms with van der Waals surface area (Å²) in [5.41, 5.74) is 6.55. The molecule has 0 spiro atoms. The highest BCUT2D eigenvalue weighted by Gasteiger charge is 2.06. The van der Waals surface area contributed by atoms with Crippen molar-refractivity contribution in [1.29, 1.82) is 0 Å². The van der Waals surface area contributed by atoms with E-state index in [2.05, 4.69) is 5.32 Å².